The van der Waals surface area contributed by atoms with Crippen LogP contribution in [0.1, 0.15) is 0 Å². The highest BCUT2D eigenvalue weighted by Gasteiger charge is 2.37. The Labute approximate surface area is 71.0 Å². The molecule has 0 spiro atoms. The van der Waals surface area contributed by atoms with E-state index >= 15 is 0 Å². The zero-order valence-electron chi connectivity index (χ0n) is 3.92. The monoisotopic (exact) mass is 216 g/mol. The van der Waals surface area contributed by atoms with Crippen molar-refractivity contribution in [3.63, 3.8) is 0 Å². The summed E-state index contributed by atoms with van der Waals surface area (Å²) < 4.78 is 21.0. The lowest BCUT2D eigenvalue weighted by molar-refractivity contribution is 0.143. The fourth-order valence-electron chi connectivity index (χ4n) is 0.143. The lowest BCUT2D eigenvalue weighted by Gasteiger charge is -2.15. The van der Waals surface area contributed by atoms with Crippen molar-refractivity contribution in [1.29, 1.82) is 0 Å². The standard InChI is InChI=1S/C3H2Cl4F2/c4-1(2(8)9)3(5,6)7/h1-2H. The van der Waals surface area contributed by atoms with E-state index in [1.165, 1.54) is 0 Å². The Bertz CT molecular complexity index is 88.3. The van der Waals surface area contributed by atoms with Crippen molar-refractivity contribution in [2.45, 2.75) is 15.6 Å². The molecule has 1 atom stereocenters. The van der Waals surface area contributed by atoms with Gasteiger partial charge in [0, 0.05) is 0 Å². The molecule has 0 heterocycles. The first kappa shape index (κ1) is 10.0. The lowest BCUT2D eigenvalue weighted by atomic mass is 10.5. The fraction of sp³-hybridized carbons (Fsp3) is 1.00. The van der Waals surface area contributed by atoms with Crippen LogP contribution in [-0.4, -0.2) is 15.6 Å². The van der Waals surface area contributed by atoms with Gasteiger partial charge in [-0.15, -0.1) is 11.6 Å². The first-order chi connectivity index (χ1) is 3.85. The van der Waals surface area contributed by atoms with Crippen molar-refractivity contribution < 1.29 is 8.78 Å². The Kier molecular flexibility index (Phi) is 3.81. The summed E-state index contributed by atoms with van der Waals surface area (Å²) in [5.41, 5.74) is 0. The maximum atomic E-state index is 11.5. The van der Waals surface area contributed by atoms with Gasteiger partial charge in [0.25, 0.3) is 6.43 Å². The molecule has 0 aromatic rings. The van der Waals surface area contributed by atoms with E-state index in [2.05, 4.69) is 0 Å². The summed E-state index contributed by atoms with van der Waals surface area (Å²) in [6.45, 7) is 0. The minimum atomic E-state index is -2.82. The van der Waals surface area contributed by atoms with Gasteiger partial charge >= 0.3 is 0 Å². The van der Waals surface area contributed by atoms with Crippen LogP contribution in [0.15, 0.2) is 0 Å². The summed E-state index contributed by atoms with van der Waals surface area (Å²) in [5.74, 6) is 0. The van der Waals surface area contributed by atoms with E-state index in [4.69, 9.17) is 46.4 Å². The Balaban J connectivity index is 3.88. The largest absolute Gasteiger partial charge is 0.258 e. The number of rotatable bonds is 1. The highest BCUT2D eigenvalue weighted by atomic mass is 35.6. The second-order valence-electron chi connectivity index (χ2n) is 1.28. The van der Waals surface area contributed by atoms with E-state index in [-0.39, 0.29) is 0 Å². The second-order valence-corrected chi connectivity index (χ2v) is 4.12. The molecule has 0 aliphatic carbocycles. The van der Waals surface area contributed by atoms with Crippen molar-refractivity contribution >= 4 is 46.4 Å². The molecule has 56 valence electrons. The summed E-state index contributed by atoms with van der Waals surface area (Å²) in [7, 11) is 0. The van der Waals surface area contributed by atoms with E-state index < -0.39 is 15.6 Å². The van der Waals surface area contributed by atoms with Gasteiger partial charge in [-0.3, -0.25) is 0 Å². The van der Waals surface area contributed by atoms with Crippen LogP contribution in [0.25, 0.3) is 0 Å². The molecular formula is C3H2Cl4F2. The Morgan fingerprint density at radius 1 is 1.11 bits per heavy atom. The molecule has 0 saturated heterocycles. The van der Waals surface area contributed by atoms with E-state index in [0.29, 0.717) is 0 Å². The molecule has 0 fully saturated rings. The topological polar surface area (TPSA) is 0 Å². The molecule has 0 saturated carbocycles. The van der Waals surface area contributed by atoms with E-state index in [9.17, 15) is 8.78 Å². The predicted octanol–water partition coefficient (Wildman–Crippen LogP) is 3.23. The van der Waals surface area contributed by atoms with Gasteiger partial charge in [-0.25, -0.2) is 8.78 Å². The number of hydrogen-bond acceptors (Lipinski definition) is 0. The zero-order chi connectivity index (χ0) is 7.65. The van der Waals surface area contributed by atoms with Crippen molar-refractivity contribution in [3.8, 4) is 0 Å². The zero-order valence-corrected chi connectivity index (χ0v) is 6.95. The first-order valence-corrected chi connectivity index (χ1v) is 3.41. The minimum Gasteiger partial charge on any atom is -0.209 e. The molecule has 0 aromatic carbocycles. The summed E-state index contributed by atoms with van der Waals surface area (Å²) in [4.78, 5) is 0. The molecule has 0 aliphatic heterocycles. The lowest BCUT2D eigenvalue weighted by Crippen LogP contribution is -2.26. The normalized spacial score (nSPS) is 16.3. The maximum Gasteiger partial charge on any atom is 0.258 e. The second kappa shape index (κ2) is 3.42. The summed E-state index contributed by atoms with van der Waals surface area (Å²) in [6.07, 6.45) is -2.82. The first-order valence-electron chi connectivity index (χ1n) is 1.84. The molecule has 0 rings (SSSR count). The van der Waals surface area contributed by atoms with Crippen LogP contribution in [-0.2, 0) is 0 Å². The molecule has 0 bridgehead atoms. The van der Waals surface area contributed by atoms with Crippen LogP contribution in [0.4, 0.5) is 8.78 Å². The Morgan fingerprint density at radius 3 is 1.44 bits per heavy atom. The molecule has 0 aliphatic rings. The molecule has 0 N–H and O–H groups in total. The average molecular weight is 218 g/mol. The van der Waals surface area contributed by atoms with Crippen molar-refractivity contribution in [2.24, 2.45) is 0 Å². The van der Waals surface area contributed by atoms with Crippen molar-refractivity contribution in [1.82, 2.24) is 0 Å². The van der Waals surface area contributed by atoms with Crippen LogP contribution in [0.2, 0.25) is 0 Å². The van der Waals surface area contributed by atoms with Gasteiger partial charge in [-0.2, -0.15) is 0 Å². The average Bonchev–Trinajstić information content (AvgIpc) is 1.62. The number of hydrogen-bond donors (Lipinski definition) is 0. The molecule has 6 heteroatoms. The molecule has 1 unspecified atom stereocenters. The predicted molar refractivity (Wildman–Crippen MR) is 35.9 cm³/mol. The van der Waals surface area contributed by atoms with Crippen molar-refractivity contribution in [3.05, 3.63) is 0 Å². The van der Waals surface area contributed by atoms with Gasteiger partial charge in [0.15, 0.2) is 0 Å². The summed E-state index contributed by atoms with van der Waals surface area (Å²) >= 11 is 19.9. The van der Waals surface area contributed by atoms with Crippen molar-refractivity contribution in [2.75, 3.05) is 0 Å². The Hall–Kier alpha value is 1.02. The van der Waals surface area contributed by atoms with Gasteiger partial charge in [-0.05, 0) is 0 Å². The summed E-state index contributed by atoms with van der Waals surface area (Å²) in [6, 6.07) is 0. The number of halogens is 6. The molecule has 0 radical (unpaired) electrons. The van der Waals surface area contributed by atoms with Gasteiger partial charge in [-0.1, -0.05) is 34.8 Å². The van der Waals surface area contributed by atoms with Gasteiger partial charge in [0.2, 0.25) is 3.79 Å². The highest BCUT2D eigenvalue weighted by Crippen LogP contribution is 2.36. The molecule has 9 heavy (non-hydrogen) atoms. The third-order valence-corrected chi connectivity index (χ3v) is 2.09. The van der Waals surface area contributed by atoms with Crippen LogP contribution in [0, 0.1) is 0 Å². The van der Waals surface area contributed by atoms with Crippen LogP contribution in [0.5, 0.6) is 0 Å². The smallest absolute Gasteiger partial charge is 0.209 e. The van der Waals surface area contributed by atoms with Crippen LogP contribution in [0.3, 0.4) is 0 Å². The van der Waals surface area contributed by atoms with E-state index in [1.54, 1.807) is 0 Å². The highest BCUT2D eigenvalue weighted by molar-refractivity contribution is 6.70. The fourth-order valence-corrected chi connectivity index (χ4v) is 0.429. The Morgan fingerprint density at radius 2 is 1.44 bits per heavy atom. The SMILES string of the molecule is FC(F)C(Cl)C(Cl)(Cl)Cl. The molecular weight excluding hydrogens is 216 g/mol. The summed E-state index contributed by atoms with van der Waals surface area (Å²) in [5, 5.41) is -1.75. The van der Waals surface area contributed by atoms with Gasteiger partial charge < -0.3 is 0 Å². The molecule has 0 aromatic heterocycles. The van der Waals surface area contributed by atoms with Gasteiger partial charge in [0.05, 0.1) is 0 Å². The third kappa shape index (κ3) is 3.66. The quantitative estimate of drug-likeness (QED) is 0.592. The van der Waals surface area contributed by atoms with Gasteiger partial charge in [0.1, 0.15) is 5.38 Å². The number of alkyl halides is 6. The maximum absolute atomic E-state index is 11.5. The van der Waals surface area contributed by atoms with E-state index in [1.807, 2.05) is 0 Å². The molecule has 0 amide bonds. The molecule has 0 nitrogen and oxygen atoms in total. The van der Waals surface area contributed by atoms with Crippen LogP contribution >= 0.6 is 46.4 Å². The van der Waals surface area contributed by atoms with Crippen LogP contribution < -0.4 is 0 Å². The third-order valence-electron chi connectivity index (χ3n) is 0.534. The van der Waals surface area contributed by atoms with E-state index in [0.717, 1.165) is 0 Å². The minimum absolute atomic E-state index is 1.75.